The van der Waals surface area contributed by atoms with Gasteiger partial charge in [-0.25, -0.2) is 4.39 Å². The van der Waals surface area contributed by atoms with Gasteiger partial charge in [0.15, 0.2) is 0 Å². The molecule has 0 fully saturated rings. The van der Waals surface area contributed by atoms with Crippen LogP contribution in [0.4, 0.5) is 4.39 Å². The number of benzene rings is 2. The van der Waals surface area contributed by atoms with E-state index < -0.39 is 0 Å². The topological polar surface area (TPSA) is 20.3 Å². The normalized spacial score (nSPS) is 10.3. The molecule has 0 unspecified atom stereocenters. The lowest BCUT2D eigenvalue weighted by molar-refractivity contribution is 0.0752. The highest BCUT2D eigenvalue weighted by molar-refractivity contribution is 5.94. The summed E-state index contributed by atoms with van der Waals surface area (Å²) in [6.45, 7) is 4.91. The van der Waals surface area contributed by atoms with Crippen molar-refractivity contribution in [1.82, 2.24) is 4.90 Å². The van der Waals surface area contributed by atoms with Crippen LogP contribution in [-0.4, -0.2) is 17.4 Å². The van der Waals surface area contributed by atoms with Crippen LogP contribution in [0.15, 0.2) is 48.5 Å². The van der Waals surface area contributed by atoms with Crippen LogP contribution in [0, 0.1) is 12.7 Å². The van der Waals surface area contributed by atoms with E-state index >= 15 is 0 Å². The van der Waals surface area contributed by atoms with Crippen molar-refractivity contribution in [3.63, 3.8) is 0 Å². The van der Waals surface area contributed by atoms with Crippen molar-refractivity contribution in [2.75, 3.05) is 6.54 Å². The first-order valence-electron chi connectivity index (χ1n) is 6.70. The summed E-state index contributed by atoms with van der Waals surface area (Å²) in [6.07, 6.45) is 0. The Bertz CT molecular complexity index is 592. The number of aryl methyl sites for hydroxylation is 1. The zero-order valence-corrected chi connectivity index (χ0v) is 11.8. The Labute approximate surface area is 118 Å². The van der Waals surface area contributed by atoms with E-state index in [0.29, 0.717) is 18.7 Å². The van der Waals surface area contributed by atoms with Crippen LogP contribution in [0.5, 0.6) is 0 Å². The average molecular weight is 271 g/mol. The van der Waals surface area contributed by atoms with Gasteiger partial charge in [-0.3, -0.25) is 4.79 Å². The van der Waals surface area contributed by atoms with E-state index in [0.717, 1.165) is 11.1 Å². The molecule has 20 heavy (non-hydrogen) atoms. The van der Waals surface area contributed by atoms with Crippen molar-refractivity contribution in [2.24, 2.45) is 0 Å². The van der Waals surface area contributed by atoms with Crippen molar-refractivity contribution in [2.45, 2.75) is 20.4 Å². The lowest BCUT2D eigenvalue weighted by Gasteiger charge is -2.21. The third kappa shape index (κ3) is 3.44. The van der Waals surface area contributed by atoms with Crippen molar-refractivity contribution in [1.29, 1.82) is 0 Å². The summed E-state index contributed by atoms with van der Waals surface area (Å²) in [4.78, 5) is 14.1. The molecule has 0 N–H and O–H groups in total. The summed E-state index contributed by atoms with van der Waals surface area (Å²) >= 11 is 0. The van der Waals surface area contributed by atoms with Gasteiger partial charge >= 0.3 is 0 Å². The van der Waals surface area contributed by atoms with Gasteiger partial charge in [-0.05, 0) is 43.7 Å². The highest BCUT2D eigenvalue weighted by atomic mass is 19.1. The smallest absolute Gasteiger partial charge is 0.254 e. The SMILES string of the molecule is CCN(Cc1cccc(F)c1)C(=O)c1ccc(C)cc1. The molecule has 0 spiro atoms. The maximum atomic E-state index is 13.2. The Morgan fingerprint density at radius 3 is 2.45 bits per heavy atom. The molecule has 0 saturated heterocycles. The number of carbonyl (C=O) groups excluding carboxylic acids is 1. The first-order chi connectivity index (χ1) is 9.60. The van der Waals surface area contributed by atoms with Crippen LogP contribution in [-0.2, 0) is 6.54 Å². The van der Waals surface area contributed by atoms with Gasteiger partial charge in [0.2, 0.25) is 0 Å². The maximum Gasteiger partial charge on any atom is 0.254 e. The molecule has 2 nitrogen and oxygen atoms in total. The Kier molecular flexibility index (Phi) is 4.51. The molecule has 104 valence electrons. The van der Waals surface area contributed by atoms with E-state index in [9.17, 15) is 9.18 Å². The highest BCUT2D eigenvalue weighted by Crippen LogP contribution is 2.12. The number of nitrogens with zero attached hydrogens (tertiary/aromatic N) is 1. The molecule has 0 aliphatic heterocycles. The van der Waals surface area contributed by atoms with Crippen LogP contribution in [0.3, 0.4) is 0 Å². The Balaban J connectivity index is 2.15. The fourth-order valence-corrected chi connectivity index (χ4v) is 2.06. The zero-order valence-electron chi connectivity index (χ0n) is 11.8. The van der Waals surface area contributed by atoms with Gasteiger partial charge in [-0.1, -0.05) is 29.8 Å². The zero-order chi connectivity index (χ0) is 14.5. The standard InChI is InChI=1S/C17H18FNO/c1-3-19(12-14-5-4-6-16(18)11-14)17(20)15-9-7-13(2)8-10-15/h4-11H,3,12H2,1-2H3. The van der Waals surface area contributed by atoms with Gasteiger partial charge in [0.05, 0.1) is 0 Å². The number of amides is 1. The van der Waals surface area contributed by atoms with Crippen molar-refractivity contribution >= 4 is 5.91 Å². The minimum absolute atomic E-state index is 0.0308. The second-order valence-corrected chi connectivity index (χ2v) is 4.82. The average Bonchev–Trinajstić information content (AvgIpc) is 2.45. The predicted molar refractivity (Wildman–Crippen MR) is 78.0 cm³/mol. The molecule has 0 radical (unpaired) electrons. The second-order valence-electron chi connectivity index (χ2n) is 4.82. The quantitative estimate of drug-likeness (QED) is 0.828. The third-order valence-corrected chi connectivity index (χ3v) is 3.23. The molecule has 2 aromatic rings. The lowest BCUT2D eigenvalue weighted by Crippen LogP contribution is -2.30. The van der Waals surface area contributed by atoms with Crippen LogP contribution < -0.4 is 0 Å². The number of hydrogen-bond donors (Lipinski definition) is 0. The summed E-state index contributed by atoms with van der Waals surface area (Å²) < 4.78 is 13.2. The number of halogens is 1. The molecule has 0 aliphatic rings. The van der Waals surface area contributed by atoms with Gasteiger partial charge in [-0.15, -0.1) is 0 Å². The molecule has 0 atom stereocenters. The summed E-state index contributed by atoms with van der Waals surface area (Å²) in [7, 11) is 0. The fraction of sp³-hybridized carbons (Fsp3) is 0.235. The minimum atomic E-state index is -0.277. The molecule has 1 amide bonds. The van der Waals surface area contributed by atoms with E-state index in [1.165, 1.54) is 12.1 Å². The number of carbonyl (C=O) groups is 1. The van der Waals surface area contributed by atoms with Gasteiger partial charge in [-0.2, -0.15) is 0 Å². The van der Waals surface area contributed by atoms with Gasteiger partial charge in [0, 0.05) is 18.7 Å². The molecular formula is C17H18FNO. The van der Waals surface area contributed by atoms with E-state index in [2.05, 4.69) is 0 Å². The molecule has 2 aromatic carbocycles. The predicted octanol–water partition coefficient (Wildman–Crippen LogP) is 3.80. The van der Waals surface area contributed by atoms with Crippen molar-refractivity contribution in [3.05, 3.63) is 71.0 Å². The molecule has 2 rings (SSSR count). The van der Waals surface area contributed by atoms with Crippen LogP contribution >= 0.6 is 0 Å². The molecule has 0 heterocycles. The van der Waals surface area contributed by atoms with Crippen LogP contribution in [0.25, 0.3) is 0 Å². The molecule has 0 bridgehead atoms. The summed E-state index contributed by atoms with van der Waals surface area (Å²) in [5.41, 5.74) is 2.58. The summed E-state index contributed by atoms with van der Waals surface area (Å²) in [5.74, 6) is -0.307. The Morgan fingerprint density at radius 2 is 1.85 bits per heavy atom. The van der Waals surface area contributed by atoms with Gasteiger partial charge in [0.1, 0.15) is 5.82 Å². The van der Waals surface area contributed by atoms with Crippen LogP contribution in [0.1, 0.15) is 28.4 Å². The van der Waals surface area contributed by atoms with Crippen molar-refractivity contribution in [3.8, 4) is 0 Å². The summed E-state index contributed by atoms with van der Waals surface area (Å²) in [6, 6.07) is 13.8. The van der Waals surface area contributed by atoms with E-state index in [-0.39, 0.29) is 11.7 Å². The number of hydrogen-bond acceptors (Lipinski definition) is 1. The largest absolute Gasteiger partial charge is 0.335 e. The Morgan fingerprint density at radius 1 is 1.15 bits per heavy atom. The van der Waals surface area contributed by atoms with E-state index in [4.69, 9.17) is 0 Å². The monoisotopic (exact) mass is 271 g/mol. The van der Waals surface area contributed by atoms with Gasteiger partial charge in [0.25, 0.3) is 5.91 Å². The molecule has 0 aliphatic carbocycles. The number of rotatable bonds is 4. The molecule has 3 heteroatoms. The molecule has 0 saturated carbocycles. The van der Waals surface area contributed by atoms with E-state index in [1.54, 1.807) is 11.0 Å². The first-order valence-corrected chi connectivity index (χ1v) is 6.70. The van der Waals surface area contributed by atoms with Crippen molar-refractivity contribution < 1.29 is 9.18 Å². The minimum Gasteiger partial charge on any atom is -0.335 e. The van der Waals surface area contributed by atoms with E-state index in [1.807, 2.05) is 44.2 Å². The second kappa shape index (κ2) is 6.33. The maximum absolute atomic E-state index is 13.2. The summed E-state index contributed by atoms with van der Waals surface area (Å²) in [5, 5.41) is 0. The first kappa shape index (κ1) is 14.3. The highest BCUT2D eigenvalue weighted by Gasteiger charge is 2.14. The lowest BCUT2D eigenvalue weighted by atomic mass is 10.1. The fourth-order valence-electron chi connectivity index (χ4n) is 2.06. The molecule has 0 aromatic heterocycles. The van der Waals surface area contributed by atoms with Crippen LogP contribution in [0.2, 0.25) is 0 Å². The Hall–Kier alpha value is -2.16. The van der Waals surface area contributed by atoms with Gasteiger partial charge < -0.3 is 4.90 Å². The third-order valence-electron chi connectivity index (χ3n) is 3.23. The molecular weight excluding hydrogens is 253 g/mol.